The molecule has 0 bridgehead atoms. The molecule has 0 N–H and O–H groups in total. The summed E-state index contributed by atoms with van der Waals surface area (Å²) in [6.45, 7) is 6.54. The second-order valence-electron chi connectivity index (χ2n) is 9.73. The van der Waals surface area contributed by atoms with Gasteiger partial charge in [0.2, 0.25) is 0 Å². The maximum atomic E-state index is 12.9. The van der Waals surface area contributed by atoms with Crippen LogP contribution in [0.3, 0.4) is 0 Å². The summed E-state index contributed by atoms with van der Waals surface area (Å²) in [5.74, 6) is 0. The average molecular weight is 459 g/mol. The fourth-order valence-electron chi connectivity index (χ4n) is 6.05. The van der Waals surface area contributed by atoms with Crippen LogP contribution in [0.2, 0.25) is 0 Å². The van der Waals surface area contributed by atoms with Crippen LogP contribution < -0.4 is 10.5 Å². The van der Waals surface area contributed by atoms with Gasteiger partial charge in [-0.1, -0.05) is 38.1 Å². The maximum absolute atomic E-state index is 12.9. The highest BCUT2D eigenvalue weighted by molar-refractivity contribution is 5.88. The van der Waals surface area contributed by atoms with Crippen molar-refractivity contribution in [1.29, 1.82) is 5.26 Å². The van der Waals surface area contributed by atoms with Gasteiger partial charge in [0.15, 0.2) is 0 Å². The molecule has 1 aromatic carbocycles. The molecule has 7 heteroatoms. The number of fused-ring (bicyclic) bond motifs is 2. The molecule has 1 saturated heterocycles. The molecular formula is C27H34N6O. The van der Waals surface area contributed by atoms with Crippen molar-refractivity contribution < 1.29 is 0 Å². The molecule has 5 rings (SSSR count). The smallest absolute Gasteiger partial charge is 0.252 e. The van der Waals surface area contributed by atoms with Crippen LogP contribution in [-0.2, 0) is 20.0 Å². The highest BCUT2D eigenvalue weighted by Gasteiger charge is 2.38. The van der Waals surface area contributed by atoms with E-state index in [4.69, 9.17) is 10.4 Å². The van der Waals surface area contributed by atoms with Gasteiger partial charge in [-0.2, -0.15) is 10.4 Å². The number of aryl methyl sites for hydroxylation is 2. The molecule has 3 heterocycles. The van der Waals surface area contributed by atoms with Crippen LogP contribution in [0.1, 0.15) is 56.7 Å². The number of piperazine rings is 1. The summed E-state index contributed by atoms with van der Waals surface area (Å²) in [7, 11) is 1.78. The molecular weight excluding hydrogens is 424 g/mol. The molecule has 3 aromatic rings. The molecule has 1 fully saturated rings. The number of aromatic nitrogens is 3. The fraction of sp³-hybridized carbons (Fsp3) is 0.519. The van der Waals surface area contributed by atoms with Crippen LogP contribution in [0, 0.1) is 11.3 Å². The monoisotopic (exact) mass is 458 g/mol. The molecule has 1 aliphatic carbocycles. The van der Waals surface area contributed by atoms with E-state index < -0.39 is 0 Å². The molecule has 0 saturated carbocycles. The Hall–Kier alpha value is -3.11. The zero-order chi connectivity index (χ0) is 23.8. The zero-order valence-corrected chi connectivity index (χ0v) is 20.4. The lowest BCUT2D eigenvalue weighted by Crippen LogP contribution is -2.59. The van der Waals surface area contributed by atoms with E-state index in [1.807, 2.05) is 6.20 Å². The van der Waals surface area contributed by atoms with Crippen molar-refractivity contribution in [2.24, 2.45) is 7.05 Å². The van der Waals surface area contributed by atoms with Crippen molar-refractivity contribution in [2.75, 3.05) is 18.0 Å². The van der Waals surface area contributed by atoms with Gasteiger partial charge in [0, 0.05) is 44.3 Å². The summed E-state index contributed by atoms with van der Waals surface area (Å²) >= 11 is 0. The number of rotatable bonds is 5. The lowest BCUT2D eigenvalue weighted by Gasteiger charge is -2.51. The van der Waals surface area contributed by atoms with E-state index in [9.17, 15) is 4.79 Å². The standard InChI is InChI=1S/C27H34N6O/c1-4-20-17-33(24-15-26(34)30(3)25-18-31(14-13-28)29-27(24)25)21(5-2)16-32(20)23-12-8-10-19-9-6-7-11-22(19)23/h6-7,9,11,15,18,20-21,23H,4-5,8,10,12,14,16-17H2,1-3H3/t20-,21+,23-/m1/s1. The van der Waals surface area contributed by atoms with Gasteiger partial charge < -0.3 is 9.47 Å². The van der Waals surface area contributed by atoms with Crippen LogP contribution in [0.15, 0.2) is 41.3 Å². The van der Waals surface area contributed by atoms with E-state index in [1.165, 1.54) is 30.4 Å². The molecule has 0 radical (unpaired) electrons. The van der Waals surface area contributed by atoms with Gasteiger partial charge in [0.1, 0.15) is 12.1 Å². The Kier molecular flexibility index (Phi) is 6.18. The Morgan fingerprint density at radius 2 is 1.94 bits per heavy atom. The minimum atomic E-state index is -0.0365. The predicted molar refractivity (Wildman–Crippen MR) is 135 cm³/mol. The Morgan fingerprint density at radius 1 is 1.15 bits per heavy atom. The quantitative estimate of drug-likeness (QED) is 0.578. The third-order valence-corrected chi connectivity index (χ3v) is 7.90. The summed E-state index contributed by atoms with van der Waals surface area (Å²) < 4.78 is 3.27. The lowest BCUT2D eigenvalue weighted by atomic mass is 9.85. The number of pyridine rings is 1. The third kappa shape index (κ3) is 3.80. The molecule has 2 aromatic heterocycles. The fourth-order valence-corrected chi connectivity index (χ4v) is 6.05. The van der Waals surface area contributed by atoms with Crippen LogP contribution in [0.4, 0.5) is 5.69 Å². The third-order valence-electron chi connectivity index (χ3n) is 7.90. The molecule has 178 valence electrons. The number of hydrogen-bond acceptors (Lipinski definition) is 5. The summed E-state index contributed by atoms with van der Waals surface area (Å²) in [6, 6.07) is 14.0. The van der Waals surface area contributed by atoms with E-state index in [-0.39, 0.29) is 12.1 Å². The van der Waals surface area contributed by atoms with Gasteiger partial charge in [0.25, 0.3) is 5.56 Å². The second-order valence-corrected chi connectivity index (χ2v) is 9.73. The predicted octanol–water partition coefficient (Wildman–Crippen LogP) is 4.02. The Labute approximate surface area is 201 Å². The molecule has 0 amide bonds. The highest BCUT2D eigenvalue weighted by atomic mass is 16.1. The van der Waals surface area contributed by atoms with Crippen molar-refractivity contribution in [1.82, 2.24) is 19.2 Å². The first-order valence-corrected chi connectivity index (χ1v) is 12.6. The largest absolute Gasteiger partial charge is 0.364 e. The van der Waals surface area contributed by atoms with Crippen molar-refractivity contribution in [3.8, 4) is 6.07 Å². The molecule has 3 atom stereocenters. The highest BCUT2D eigenvalue weighted by Crippen LogP contribution is 2.39. The normalized spacial score (nSPS) is 23.1. The molecule has 2 aliphatic rings. The van der Waals surface area contributed by atoms with Gasteiger partial charge >= 0.3 is 0 Å². The van der Waals surface area contributed by atoms with Crippen molar-refractivity contribution in [2.45, 2.75) is 70.6 Å². The van der Waals surface area contributed by atoms with Crippen molar-refractivity contribution in [3.63, 3.8) is 0 Å². The minimum absolute atomic E-state index is 0.0365. The SMILES string of the molecule is CC[C@H]1CN([C@@H]2CCCc3ccccc32)[C@H](CC)CN1c1cc(=O)n(C)c2cn(CC#N)nc12. The van der Waals surface area contributed by atoms with Gasteiger partial charge in [-0.15, -0.1) is 0 Å². The van der Waals surface area contributed by atoms with Gasteiger partial charge in [-0.05, 0) is 43.2 Å². The van der Waals surface area contributed by atoms with Gasteiger partial charge in [-0.3, -0.25) is 14.4 Å². The molecule has 7 nitrogen and oxygen atoms in total. The number of anilines is 1. The Morgan fingerprint density at radius 3 is 2.71 bits per heavy atom. The van der Waals surface area contributed by atoms with Crippen molar-refractivity contribution in [3.05, 3.63) is 58.0 Å². The maximum Gasteiger partial charge on any atom is 0.252 e. The van der Waals surface area contributed by atoms with Crippen molar-refractivity contribution >= 4 is 16.7 Å². The summed E-state index contributed by atoms with van der Waals surface area (Å²) in [4.78, 5) is 18.1. The Bertz CT molecular complexity index is 1280. The van der Waals surface area contributed by atoms with E-state index in [2.05, 4.69) is 54.0 Å². The summed E-state index contributed by atoms with van der Waals surface area (Å²) in [5.41, 5.74) is 5.46. The average Bonchev–Trinajstić information content (AvgIpc) is 3.29. The number of hydrogen-bond donors (Lipinski definition) is 0. The second kappa shape index (κ2) is 9.27. The summed E-state index contributed by atoms with van der Waals surface area (Å²) in [5, 5.41) is 13.9. The lowest BCUT2D eigenvalue weighted by molar-refractivity contribution is 0.0827. The first-order chi connectivity index (χ1) is 16.5. The summed E-state index contributed by atoms with van der Waals surface area (Å²) in [6.07, 6.45) is 7.49. The van der Waals surface area contributed by atoms with E-state index in [1.54, 1.807) is 22.4 Å². The van der Waals surface area contributed by atoms with E-state index >= 15 is 0 Å². The van der Waals surface area contributed by atoms with E-state index in [0.29, 0.717) is 18.1 Å². The van der Waals surface area contributed by atoms with Crippen LogP contribution in [0.5, 0.6) is 0 Å². The zero-order valence-electron chi connectivity index (χ0n) is 20.4. The number of nitriles is 1. The van der Waals surface area contributed by atoms with Crippen LogP contribution in [-0.4, -0.2) is 44.4 Å². The molecule has 1 aliphatic heterocycles. The number of benzene rings is 1. The Balaban J connectivity index is 1.54. The first kappa shape index (κ1) is 22.7. The van der Waals surface area contributed by atoms with Gasteiger partial charge in [0.05, 0.1) is 23.5 Å². The van der Waals surface area contributed by atoms with Gasteiger partial charge in [-0.25, -0.2) is 0 Å². The van der Waals surface area contributed by atoms with Crippen LogP contribution in [0.25, 0.3) is 11.0 Å². The number of nitrogens with zero attached hydrogens (tertiary/aromatic N) is 6. The van der Waals surface area contributed by atoms with E-state index in [0.717, 1.165) is 42.7 Å². The molecule has 34 heavy (non-hydrogen) atoms. The molecule has 0 spiro atoms. The van der Waals surface area contributed by atoms with Crippen LogP contribution >= 0.6 is 0 Å². The first-order valence-electron chi connectivity index (χ1n) is 12.6. The topological polar surface area (TPSA) is 70.1 Å². The molecule has 0 unspecified atom stereocenters. The minimum Gasteiger partial charge on any atom is -0.364 e.